The van der Waals surface area contributed by atoms with Crippen LogP contribution in [-0.2, 0) is 14.3 Å². The fourth-order valence-electron chi connectivity index (χ4n) is 4.17. The summed E-state index contributed by atoms with van der Waals surface area (Å²) in [5, 5.41) is 3.24. The third-order valence-corrected chi connectivity index (χ3v) is 7.43. The van der Waals surface area contributed by atoms with E-state index < -0.39 is 6.04 Å². The number of methoxy groups -OCH3 is 1. The molecule has 2 amide bonds. The first kappa shape index (κ1) is 23.9. The van der Waals surface area contributed by atoms with Crippen LogP contribution < -0.4 is 5.32 Å². The van der Waals surface area contributed by atoms with Gasteiger partial charge in [-0.1, -0.05) is 18.2 Å². The summed E-state index contributed by atoms with van der Waals surface area (Å²) >= 11 is 3.37. The number of benzene rings is 1. The number of esters is 1. The zero-order chi connectivity index (χ0) is 22.2. The van der Waals surface area contributed by atoms with Crippen LogP contribution in [0.4, 0.5) is 0 Å². The lowest BCUT2D eigenvalue weighted by Crippen LogP contribution is -2.56. The van der Waals surface area contributed by atoms with Crippen LogP contribution in [0.25, 0.3) is 0 Å². The van der Waals surface area contributed by atoms with Crippen LogP contribution in [0.3, 0.4) is 0 Å². The van der Waals surface area contributed by atoms with Gasteiger partial charge in [0.2, 0.25) is 5.91 Å². The largest absolute Gasteiger partial charge is 0.467 e. The molecule has 0 spiro atoms. The Kier molecular flexibility index (Phi) is 9.10. The van der Waals surface area contributed by atoms with Gasteiger partial charge in [0.1, 0.15) is 6.04 Å². The number of thioether (sulfide) groups is 2. The van der Waals surface area contributed by atoms with Crippen LogP contribution in [0.1, 0.15) is 29.6 Å². The van der Waals surface area contributed by atoms with E-state index in [2.05, 4.69) is 5.32 Å². The van der Waals surface area contributed by atoms with Crippen molar-refractivity contribution in [2.75, 3.05) is 43.8 Å². The van der Waals surface area contributed by atoms with Crippen molar-refractivity contribution in [3.63, 3.8) is 0 Å². The van der Waals surface area contributed by atoms with Crippen LogP contribution in [-0.4, -0.2) is 89.5 Å². The Morgan fingerprint density at radius 3 is 2.55 bits per heavy atom. The molecule has 2 fully saturated rings. The van der Waals surface area contributed by atoms with Crippen LogP contribution in [0, 0.1) is 0 Å². The smallest absolute Gasteiger partial charge is 0.328 e. The van der Waals surface area contributed by atoms with Crippen molar-refractivity contribution in [3.05, 3.63) is 35.9 Å². The van der Waals surface area contributed by atoms with E-state index in [1.165, 1.54) is 7.11 Å². The highest BCUT2D eigenvalue weighted by Gasteiger charge is 2.39. The summed E-state index contributed by atoms with van der Waals surface area (Å²) in [6.07, 6.45) is 3.82. The number of piperidine rings is 1. The van der Waals surface area contributed by atoms with Crippen molar-refractivity contribution < 1.29 is 19.1 Å². The predicted molar refractivity (Wildman–Crippen MR) is 125 cm³/mol. The number of carbonyl (C=O) groups excluding carboxylic acids is 3. The molecule has 2 aliphatic heterocycles. The summed E-state index contributed by atoms with van der Waals surface area (Å²) < 4.78 is 5.08. The maximum atomic E-state index is 13.5. The standard InChI is InChI=1S/C22H31N3O4S2/c1-29-22(28)19(10-13-30-2)25(20(26)16-6-4-3-5-7-16)17-8-11-24(12-9-17)21(27)18-14-31-15-23-18/h3-7,17-19,23H,8-15H2,1-2H3/t18?,19-/m0/s1. The molecule has 1 aromatic rings. The van der Waals surface area contributed by atoms with Crippen LogP contribution in [0.15, 0.2) is 30.3 Å². The quantitative estimate of drug-likeness (QED) is 0.589. The highest BCUT2D eigenvalue weighted by atomic mass is 32.2. The predicted octanol–water partition coefficient (Wildman–Crippen LogP) is 2.08. The van der Waals surface area contributed by atoms with Gasteiger partial charge in [-0.25, -0.2) is 4.79 Å². The molecule has 0 aromatic heterocycles. The first-order valence-corrected chi connectivity index (χ1v) is 13.2. The van der Waals surface area contributed by atoms with Gasteiger partial charge in [-0.3, -0.25) is 14.9 Å². The number of rotatable bonds is 8. The lowest BCUT2D eigenvalue weighted by molar-refractivity contribution is -0.147. The van der Waals surface area contributed by atoms with Gasteiger partial charge in [0, 0.05) is 36.3 Å². The molecule has 0 saturated carbocycles. The van der Waals surface area contributed by atoms with Gasteiger partial charge in [0.15, 0.2) is 0 Å². The van der Waals surface area contributed by atoms with Gasteiger partial charge in [0.25, 0.3) is 5.91 Å². The maximum Gasteiger partial charge on any atom is 0.328 e. The number of ether oxygens (including phenoxy) is 1. The topological polar surface area (TPSA) is 79.0 Å². The fourth-order valence-corrected chi connectivity index (χ4v) is 5.56. The lowest BCUT2D eigenvalue weighted by atomic mass is 9.98. The molecule has 7 nitrogen and oxygen atoms in total. The Bertz CT molecular complexity index is 750. The summed E-state index contributed by atoms with van der Waals surface area (Å²) in [6.45, 7) is 1.17. The summed E-state index contributed by atoms with van der Waals surface area (Å²) in [7, 11) is 1.37. The lowest BCUT2D eigenvalue weighted by Gasteiger charge is -2.42. The Balaban J connectivity index is 1.78. The van der Waals surface area contributed by atoms with E-state index in [1.807, 2.05) is 29.4 Å². The second kappa shape index (κ2) is 11.8. The van der Waals surface area contributed by atoms with E-state index in [9.17, 15) is 14.4 Å². The van der Waals surface area contributed by atoms with Crippen molar-refractivity contribution in [1.82, 2.24) is 15.1 Å². The van der Waals surface area contributed by atoms with Crippen LogP contribution in [0.5, 0.6) is 0 Å². The SMILES string of the molecule is COC(=O)[C@H](CCSC)N(C(=O)c1ccccc1)C1CCN(C(=O)C2CSCN2)CC1. The molecule has 31 heavy (non-hydrogen) atoms. The molecule has 0 bridgehead atoms. The van der Waals surface area contributed by atoms with Gasteiger partial charge < -0.3 is 14.5 Å². The molecule has 1 N–H and O–H groups in total. The minimum absolute atomic E-state index is 0.117. The monoisotopic (exact) mass is 465 g/mol. The minimum atomic E-state index is -0.634. The number of hydrogen-bond donors (Lipinski definition) is 1. The minimum Gasteiger partial charge on any atom is -0.467 e. The second-order valence-corrected chi connectivity index (χ2v) is 9.74. The van der Waals surface area contributed by atoms with E-state index in [4.69, 9.17) is 4.74 Å². The fraction of sp³-hybridized carbons (Fsp3) is 0.591. The van der Waals surface area contributed by atoms with Crippen molar-refractivity contribution in [2.24, 2.45) is 0 Å². The van der Waals surface area contributed by atoms with Crippen molar-refractivity contribution in [2.45, 2.75) is 37.4 Å². The molecule has 1 unspecified atom stereocenters. The third-order valence-electron chi connectivity index (χ3n) is 5.84. The molecule has 2 heterocycles. The van der Waals surface area contributed by atoms with E-state index in [0.717, 1.165) is 17.4 Å². The molecule has 2 saturated heterocycles. The van der Waals surface area contributed by atoms with Gasteiger partial charge in [0.05, 0.1) is 13.2 Å². The highest BCUT2D eigenvalue weighted by Crippen LogP contribution is 2.25. The zero-order valence-corrected chi connectivity index (χ0v) is 19.8. The maximum absolute atomic E-state index is 13.5. The molecule has 2 atom stereocenters. The van der Waals surface area contributed by atoms with E-state index in [-0.39, 0.29) is 29.9 Å². The van der Waals surface area contributed by atoms with Gasteiger partial charge >= 0.3 is 5.97 Å². The third kappa shape index (κ3) is 5.96. The molecular weight excluding hydrogens is 434 g/mol. The summed E-state index contributed by atoms with van der Waals surface area (Å²) in [5.41, 5.74) is 0.561. The Morgan fingerprint density at radius 2 is 1.97 bits per heavy atom. The molecule has 2 aliphatic rings. The molecule has 1 aromatic carbocycles. The van der Waals surface area contributed by atoms with E-state index in [0.29, 0.717) is 37.9 Å². The number of carbonyl (C=O) groups is 3. The van der Waals surface area contributed by atoms with E-state index >= 15 is 0 Å². The molecule has 0 radical (unpaired) electrons. The first-order valence-electron chi connectivity index (χ1n) is 10.6. The number of nitrogens with one attached hydrogen (secondary N) is 1. The van der Waals surface area contributed by atoms with E-state index in [1.54, 1.807) is 40.6 Å². The Labute approximate surface area is 192 Å². The van der Waals surface area contributed by atoms with Gasteiger partial charge in [-0.05, 0) is 43.4 Å². The number of nitrogens with zero attached hydrogens (tertiary/aromatic N) is 2. The second-order valence-electron chi connectivity index (χ2n) is 7.73. The van der Waals surface area contributed by atoms with Crippen molar-refractivity contribution in [1.29, 1.82) is 0 Å². The Hall–Kier alpha value is -1.71. The summed E-state index contributed by atoms with van der Waals surface area (Å²) in [5.74, 6) is 1.95. The highest BCUT2D eigenvalue weighted by molar-refractivity contribution is 7.99. The zero-order valence-electron chi connectivity index (χ0n) is 18.1. The van der Waals surface area contributed by atoms with Crippen LogP contribution >= 0.6 is 23.5 Å². The molecule has 0 aliphatic carbocycles. The number of hydrogen-bond acceptors (Lipinski definition) is 7. The molecular formula is C22H31N3O4S2. The average Bonchev–Trinajstić information content (AvgIpc) is 3.36. The first-order chi connectivity index (χ1) is 15.1. The molecule has 170 valence electrons. The average molecular weight is 466 g/mol. The number of amides is 2. The number of likely N-dealkylation sites (tertiary alicyclic amines) is 1. The Morgan fingerprint density at radius 1 is 1.26 bits per heavy atom. The van der Waals surface area contributed by atoms with Crippen molar-refractivity contribution >= 4 is 41.3 Å². The van der Waals surface area contributed by atoms with Gasteiger partial charge in [-0.2, -0.15) is 11.8 Å². The van der Waals surface area contributed by atoms with Gasteiger partial charge in [-0.15, -0.1) is 11.8 Å². The molecule has 3 rings (SSSR count). The summed E-state index contributed by atoms with van der Waals surface area (Å²) in [6, 6.07) is 8.21. The molecule has 9 heteroatoms. The normalized spacial score (nSPS) is 20.3. The summed E-state index contributed by atoms with van der Waals surface area (Å²) in [4.78, 5) is 42.6. The van der Waals surface area contributed by atoms with Crippen molar-refractivity contribution in [3.8, 4) is 0 Å². The van der Waals surface area contributed by atoms with Crippen LogP contribution in [0.2, 0.25) is 0 Å².